The first-order valence-electron chi connectivity index (χ1n) is 14.1. The van der Waals surface area contributed by atoms with Gasteiger partial charge in [0.05, 0.1) is 0 Å². The van der Waals surface area contributed by atoms with Crippen molar-refractivity contribution in [3.05, 3.63) is 112 Å². The Bertz CT molecular complexity index is 1760. The summed E-state index contributed by atoms with van der Waals surface area (Å²) in [5, 5.41) is 2.63. The maximum absolute atomic E-state index is 3.89. The minimum atomic E-state index is 0.144. The molecular weight excluding hydrogens is 471 g/mol. The number of hydrogen-bond donors (Lipinski definition) is 1. The Hall–Kier alpha value is -3.98. The van der Waals surface area contributed by atoms with Crippen LogP contribution in [0.2, 0.25) is 0 Å². The second-order valence-corrected chi connectivity index (χ2v) is 11.4. The molecule has 0 amide bonds. The third-order valence-electron chi connectivity index (χ3n) is 8.47. The van der Waals surface area contributed by atoms with Gasteiger partial charge < -0.3 is 9.55 Å². The molecule has 0 radical (unpaired) electrons. The Morgan fingerprint density at radius 3 is 1.77 bits per heavy atom. The SMILES string of the molecule is CCn1c2ccccc2c2cc(-c3ccc(B(c4c(C)cc(C)cc4C)c4c(C)cc(C)cc4C)[nH]3)ccc21. The molecule has 3 heteroatoms. The first-order valence-corrected chi connectivity index (χ1v) is 14.1. The molecule has 0 aliphatic carbocycles. The number of H-pyrrole nitrogens is 1. The standard InChI is InChI=1S/C36H37BN2/c1-8-39-32-12-10-9-11-29(32)30-21-28(13-15-33(30)39)31-14-16-34(38-31)37(35-24(4)17-22(2)18-25(35)5)36-26(6)19-23(3)20-27(36)7/h9-21,38H,8H2,1-7H3. The normalized spacial score (nSPS) is 11.6. The molecule has 6 aromatic rings. The maximum Gasteiger partial charge on any atom is 0.263 e. The molecule has 6 rings (SSSR count). The predicted molar refractivity (Wildman–Crippen MR) is 171 cm³/mol. The lowest BCUT2D eigenvalue weighted by Gasteiger charge is -2.23. The van der Waals surface area contributed by atoms with E-state index in [1.54, 1.807) is 0 Å². The first-order chi connectivity index (χ1) is 18.8. The van der Waals surface area contributed by atoms with Crippen molar-refractivity contribution in [1.29, 1.82) is 0 Å². The molecule has 4 aromatic carbocycles. The van der Waals surface area contributed by atoms with E-state index in [1.807, 2.05) is 0 Å². The molecule has 0 aliphatic rings. The van der Waals surface area contributed by atoms with Crippen molar-refractivity contribution in [2.75, 3.05) is 0 Å². The molecule has 194 valence electrons. The fourth-order valence-electron chi connectivity index (χ4n) is 7.06. The Labute approximate surface area is 232 Å². The molecule has 2 heterocycles. The summed E-state index contributed by atoms with van der Waals surface area (Å²) in [6.07, 6.45) is 0. The highest BCUT2D eigenvalue weighted by Gasteiger charge is 2.29. The fraction of sp³-hybridized carbons (Fsp3) is 0.222. The van der Waals surface area contributed by atoms with Crippen molar-refractivity contribution in [1.82, 2.24) is 9.55 Å². The largest absolute Gasteiger partial charge is 0.366 e. The van der Waals surface area contributed by atoms with Crippen LogP contribution in [0.3, 0.4) is 0 Å². The van der Waals surface area contributed by atoms with Gasteiger partial charge in [0.1, 0.15) is 0 Å². The molecule has 39 heavy (non-hydrogen) atoms. The second kappa shape index (κ2) is 9.65. The highest BCUT2D eigenvalue weighted by molar-refractivity contribution is 6.96. The lowest BCUT2D eigenvalue weighted by molar-refractivity contribution is 0.827. The van der Waals surface area contributed by atoms with Gasteiger partial charge in [0.25, 0.3) is 6.71 Å². The van der Waals surface area contributed by atoms with E-state index in [1.165, 1.54) is 77.3 Å². The van der Waals surface area contributed by atoms with Gasteiger partial charge in [0, 0.05) is 34.0 Å². The van der Waals surface area contributed by atoms with Crippen molar-refractivity contribution < 1.29 is 0 Å². The molecule has 0 atom stereocenters. The number of hydrogen-bond acceptors (Lipinski definition) is 0. The summed E-state index contributed by atoms with van der Waals surface area (Å²) in [5.74, 6) is 0. The highest BCUT2D eigenvalue weighted by Crippen LogP contribution is 2.32. The highest BCUT2D eigenvalue weighted by atomic mass is 15.0. The predicted octanol–water partition coefficient (Wildman–Crippen LogP) is 7.18. The number of aromatic amines is 1. The van der Waals surface area contributed by atoms with Crippen LogP contribution in [-0.2, 0) is 6.54 Å². The summed E-state index contributed by atoms with van der Waals surface area (Å²) in [6, 6.07) is 29.5. The lowest BCUT2D eigenvalue weighted by Crippen LogP contribution is -2.56. The molecule has 0 saturated heterocycles. The van der Waals surface area contributed by atoms with Crippen molar-refractivity contribution in [2.45, 2.75) is 55.0 Å². The summed E-state index contributed by atoms with van der Waals surface area (Å²) < 4.78 is 2.41. The van der Waals surface area contributed by atoms with E-state index < -0.39 is 0 Å². The van der Waals surface area contributed by atoms with Gasteiger partial charge in [-0.05, 0) is 90.0 Å². The molecule has 0 bridgehead atoms. The zero-order valence-corrected chi connectivity index (χ0v) is 24.2. The Morgan fingerprint density at radius 2 is 1.18 bits per heavy atom. The number of nitrogens with one attached hydrogen (secondary N) is 1. The van der Waals surface area contributed by atoms with Crippen LogP contribution in [0.1, 0.15) is 40.3 Å². The zero-order chi connectivity index (χ0) is 27.4. The molecule has 0 spiro atoms. The molecule has 2 aromatic heterocycles. The van der Waals surface area contributed by atoms with Gasteiger partial charge in [-0.25, -0.2) is 0 Å². The summed E-state index contributed by atoms with van der Waals surface area (Å²) >= 11 is 0. The van der Waals surface area contributed by atoms with Crippen LogP contribution in [0.4, 0.5) is 0 Å². The number of nitrogens with zero attached hydrogens (tertiary/aromatic N) is 1. The van der Waals surface area contributed by atoms with Crippen LogP contribution in [0.25, 0.3) is 33.1 Å². The Morgan fingerprint density at radius 1 is 0.615 bits per heavy atom. The van der Waals surface area contributed by atoms with E-state index in [0.29, 0.717) is 0 Å². The van der Waals surface area contributed by atoms with E-state index in [-0.39, 0.29) is 6.71 Å². The van der Waals surface area contributed by atoms with E-state index in [0.717, 1.165) is 12.2 Å². The van der Waals surface area contributed by atoms with Crippen molar-refractivity contribution in [2.24, 2.45) is 0 Å². The van der Waals surface area contributed by atoms with Gasteiger partial charge in [0.15, 0.2) is 0 Å². The van der Waals surface area contributed by atoms with Gasteiger partial charge in [-0.15, -0.1) is 0 Å². The van der Waals surface area contributed by atoms with Crippen molar-refractivity contribution in [3.63, 3.8) is 0 Å². The van der Waals surface area contributed by atoms with E-state index in [2.05, 4.69) is 137 Å². The Balaban J connectivity index is 1.54. The Kier molecular flexibility index (Phi) is 6.26. The molecule has 0 aliphatic heterocycles. The molecule has 1 N–H and O–H groups in total. The topological polar surface area (TPSA) is 20.7 Å². The van der Waals surface area contributed by atoms with Crippen molar-refractivity contribution >= 4 is 45.0 Å². The van der Waals surface area contributed by atoms with Gasteiger partial charge in [-0.2, -0.15) is 0 Å². The number of rotatable bonds is 5. The van der Waals surface area contributed by atoms with Gasteiger partial charge in [-0.3, -0.25) is 0 Å². The average molecular weight is 509 g/mol. The van der Waals surface area contributed by atoms with Gasteiger partial charge in [-0.1, -0.05) is 92.8 Å². The van der Waals surface area contributed by atoms with Gasteiger partial charge in [0.2, 0.25) is 0 Å². The fourth-order valence-corrected chi connectivity index (χ4v) is 7.06. The van der Waals surface area contributed by atoms with Crippen LogP contribution in [0.15, 0.2) is 78.9 Å². The number of para-hydroxylation sites is 1. The third kappa shape index (κ3) is 4.21. The number of aromatic nitrogens is 2. The quantitative estimate of drug-likeness (QED) is 0.238. The van der Waals surface area contributed by atoms with Crippen LogP contribution in [0.5, 0.6) is 0 Å². The minimum Gasteiger partial charge on any atom is -0.366 e. The third-order valence-corrected chi connectivity index (χ3v) is 8.47. The average Bonchev–Trinajstić information content (AvgIpc) is 3.49. The summed E-state index contributed by atoms with van der Waals surface area (Å²) in [4.78, 5) is 3.89. The number of benzene rings is 4. The summed E-state index contributed by atoms with van der Waals surface area (Å²) in [6.45, 7) is 16.8. The monoisotopic (exact) mass is 508 g/mol. The van der Waals surface area contributed by atoms with Gasteiger partial charge >= 0.3 is 0 Å². The molecule has 0 unspecified atom stereocenters. The maximum atomic E-state index is 3.89. The van der Waals surface area contributed by atoms with Crippen LogP contribution in [-0.4, -0.2) is 16.3 Å². The first kappa shape index (κ1) is 25.3. The second-order valence-electron chi connectivity index (χ2n) is 11.4. The van der Waals surface area contributed by atoms with E-state index >= 15 is 0 Å². The molecule has 0 fully saturated rings. The number of aryl methyl sites for hydroxylation is 7. The zero-order valence-electron chi connectivity index (χ0n) is 24.2. The van der Waals surface area contributed by atoms with Crippen molar-refractivity contribution in [3.8, 4) is 11.3 Å². The van der Waals surface area contributed by atoms with Crippen LogP contribution in [0, 0.1) is 41.5 Å². The van der Waals surface area contributed by atoms with Crippen LogP contribution < -0.4 is 16.5 Å². The van der Waals surface area contributed by atoms with Crippen LogP contribution >= 0.6 is 0 Å². The molecule has 0 saturated carbocycles. The van der Waals surface area contributed by atoms with E-state index in [9.17, 15) is 0 Å². The molecule has 2 nitrogen and oxygen atoms in total. The summed E-state index contributed by atoms with van der Waals surface area (Å²) in [5.41, 5.74) is 17.1. The smallest absolute Gasteiger partial charge is 0.263 e. The lowest BCUT2D eigenvalue weighted by atomic mass is 9.35. The van der Waals surface area contributed by atoms with E-state index in [4.69, 9.17) is 0 Å². The minimum absolute atomic E-state index is 0.144. The summed E-state index contributed by atoms with van der Waals surface area (Å²) in [7, 11) is 0. The number of fused-ring (bicyclic) bond motifs is 3. The molecular formula is C36H37BN2.